The molecule has 0 spiro atoms. The molecule has 0 amide bonds. The molecule has 1 aromatic carbocycles. The molecule has 84 valence electrons. The molecular formula is C13H14O3. The van der Waals surface area contributed by atoms with E-state index in [1.807, 2.05) is 37.3 Å². The van der Waals surface area contributed by atoms with Crippen molar-refractivity contribution in [3.8, 4) is 5.75 Å². The van der Waals surface area contributed by atoms with Crippen molar-refractivity contribution in [3.63, 3.8) is 0 Å². The molecule has 2 aromatic rings. The molecule has 2 rings (SSSR count). The highest BCUT2D eigenvalue weighted by Gasteiger charge is 2.13. The molecule has 3 heteroatoms. The van der Waals surface area contributed by atoms with Crippen LogP contribution in [0.25, 0.3) is 0 Å². The van der Waals surface area contributed by atoms with Gasteiger partial charge in [-0.15, -0.1) is 0 Å². The summed E-state index contributed by atoms with van der Waals surface area (Å²) in [6.45, 7) is 1.85. The van der Waals surface area contributed by atoms with Gasteiger partial charge in [0.1, 0.15) is 23.4 Å². The van der Waals surface area contributed by atoms with Gasteiger partial charge in [-0.05, 0) is 36.8 Å². The topological polar surface area (TPSA) is 42.6 Å². The van der Waals surface area contributed by atoms with Crippen LogP contribution >= 0.6 is 0 Å². The van der Waals surface area contributed by atoms with E-state index in [4.69, 9.17) is 9.15 Å². The lowest BCUT2D eigenvalue weighted by Gasteiger charge is -2.08. The van der Waals surface area contributed by atoms with Gasteiger partial charge < -0.3 is 14.3 Å². The number of hydrogen-bond donors (Lipinski definition) is 1. The van der Waals surface area contributed by atoms with Crippen molar-refractivity contribution in [2.45, 2.75) is 13.0 Å². The van der Waals surface area contributed by atoms with Crippen LogP contribution in [0.5, 0.6) is 5.75 Å². The Labute approximate surface area is 94.3 Å². The van der Waals surface area contributed by atoms with Crippen molar-refractivity contribution in [2.24, 2.45) is 0 Å². The Hall–Kier alpha value is -1.74. The molecule has 0 saturated carbocycles. The third kappa shape index (κ3) is 2.09. The lowest BCUT2D eigenvalue weighted by Crippen LogP contribution is -1.97. The average molecular weight is 218 g/mol. The van der Waals surface area contributed by atoms with Crippen LogP contribution in [0.2, 0.25) is 0 Å². The van der Waals surface area contributed by atoms with Gasteiger partial charge in [-0.2, -0.15) is 0 Å². The normalized spacial score (nSPS) is 12.4. The Morgan fingerprint density at radius 1 is 1.12 bits per heavy atom. The minimum atomic E-state index is -0.723. The van der Waals surface area contributed by atoms with Crippen LogP contribution in [0.1, 0.15) is 23.2 Å². The predicted octanol–water partition coefficient (Wildman–Crippen LogP) is 2.68. The minimum absolute atomic E-state index is 0.558. The van der Waals surface area contributed by atoms with Crippen molar-refractivity contribution in [1.82, 2.24) is 0 Å². The fourth-order valence-corrected chi connectivity index (χ4v) is 1.55. The van der Waals surface area contributed by atoms with E-state index in [9.17, 15) is 5.11 Å². The molecule has 0 radical (unpaired) electrons. The number of ether oxygens (including phenoxy) is 1. The fraction of sp³-hybridized carbons (Fsp3) is 0.231. The Kier molecular flexibility index (Phi) is 2.97. The van der Waals surface area contributed by atoms with Gasteiger partial charge in [0, 0.05) is 0 Å². The standard InChI is InChI=1S/C13H14O3/c1-9-3-8-12(16-9)13(14)10-4-6-11(15-2)7-5-10/h3-8,13-14H,1-2H3. The Bertz CT molecular complexity index is 456. The largest absolute Gasteiger partial charge is 0.497 e. The van der Waals surface area contributed by atoms with Crippen LogP contribution < -0.4 is 4.74 Å². The summed E-state index contributed by atoms with van der Waals surface area (Å²) in [5, 5.41) is 10.0. The Balaban J connectivity index is 2.23. The van der Waals surface area contributed by atoms with Crippen LogP contribution in [0.3, 0.4) is 0 Å². The van der Waals surface area contributed by atoms with Gasteiger partial charge in [0.05, 0.1) is 7.11 Å². The van der Waals surface area contributed by atoms with Crippen molar-refractivity contribution < 1.29 is 14.3 Å². The van der Waals surface area contributed by atoms with Crippen molar-refractivity contribution in [3.05, 3.63) is 53.5 Å². The molecule has 1 N–H and O–H groups in total. The molecule has 1 heterocycles. The molecule has 1 atom stereocenters. The zero-order chi connectivity index (χ0) is 11.5. The van der Waals surface area contributed by atoms with Gasteiger partial charge in [0.25, 0.3) is 0 Å². The Morgan fingerprint density at radius 3 is 2.31 bits per heavy atom. The maximum Gasteiger partial charge on any atom is 0.137 e. The third-order valence-electron chi connectivity index (χ3n) is 2.46. The lowest BCUT2D eigenvalue weighted by molar-refractivity contribution is 0.187. The van der Waals surface area contributed by atoms with Crippen molar-refractivity contribution >= 4 is 0 Å². The summed E-state index contributed by atoms with van der Waals surface area (Å²) >= 11 is 0. The van der Waals surface area contributed by atoms with Gasteiger partial charge in [0.2, 0.25) is 0 Å². The average Bonchev–Trinajstić information content (AvgIpc) is 2.75. The molecule has 16 heavy (non-hydrogen) atoms. The quantitative estimate of drug-likeness (QED) is 0.861. The minimum Gasteiger partial charge on any atom is -0.497 e. The molecule has 0 aliphatic heterocycles. The highest BCUT2D eigenvalue weighted by Crippen LogP contribution is 2.25. The van der Waals surface area contributed by atoms with E-state index in [-0.39, 0.29) is 0 Å². The third-order valence-corrected chi connectivity index (χ3v) is 2.46. The Morgan fingerprint density at radius 2 is 1.81 bits per heavy atom. The summed E-state index contributed by atoms with van der Waals surface area (Å²) in [6, 6.07) is 10.9. The highest BCUT2D eigenvalue weighted by atomic mass is 16.5. The molecule has 3 nitrogen and oxygen atoms in total. The smallest absolute Gasteiger partial charge is 0.137 e. The summed E-state index contributed by atoms with van der Waals surface area (Å²) in [5.41, 5.74) is 0.787. The van der Waals surface area contributed by atoms with E-state index in [2.05, 4.69) is 0 Å². The number of benzene rings is 1. The number of rotatable bonds is 3. The van der Waals surface area contributed by atoms with E-state index < -0.39 is 6.10 Å². The molecule has 0 saturated heterocycles. The van der Waals surface area contributed by atoms with Crippen LogP contribution in [-0.2, 0) is 0 Å². The molecule has 0 aliphatic rings. The first kappa shape index (κ1) is 10.8. The first-order chi connectivity index (χ1) is 7.70. The summed E-state index contributed by atoms with van der Waals surface area (Å²) in [4.78, 5) is 0. The number of furan rings is 1. The predicted molar refractivity (Wildman–Crippen MR) is 60.5 cm³/mol. The second-order valence-corrected chi connectivity index (χ2v) is 3.62. The fourth-order valence-electron chi connectivity index (χ4n) is 1.55. The van der Waals surface area contributed by atoms with E-state index in [1.54, 1.807) is 13.2 Å². The maximum absolute atomic E-state index is 10.0. The van der Waals surface area contributed by atoms with Gasteiger partial charge in [0.15, 0.2) is 0 Å². The highest BCUT2D eigenvalue weighted by molar-refractivity contribution is 5.31. The summed E-state index contributed by atoms with van der Waals surface area (Å²) in [7, 11) is 1.61. The maximum atomic E-state index is 10.0. The van der Waals surface area contributed by atoms with Gasteiger partial charge in [-0.1, -0.05) is 12.1 Å². The number of aliphatic hydroxyl groups excluding tert-OH is 1. The monoisotopic (exact) mass is 218 g/mol. The van der Waals surface area contributed by atoms with E-state index in [0.717, 1.165) is 17.1 Å². The number of aliphatic hydroxyl groups is 1. The zero-order valence-corrected chi connectivity index (χ0v) is 9.31. The summed E-state index contributed by atoms with van der Waals surface area (Å²) in [6.07, 6.45) is -0.723. The van der Waals surface area contributed by atoms with Gasteiger partial charge >= 0.3 is 0 Å². The molecule has 0 aliphatic carbocycles. The summed E-state index contributed by atoms with van der Waals surface area (Å²) < 4.78 is 10.4. The molecule has 1 aromatic heterocycles. The first-order valence-corrected chi connectivity index (χ1v) is 5.09. The van der Waals surface area contributed by atoms with E-state index in [0.29, 0.717) is 5.76 Å². The van der Waals surface area contributed by atoms with Crippen molar-refractivity contribution in [1.29, 1.82) is 0 Å². The molecule has 1 unspecified atom stereocenters. The van der Waals surface area contributed by atoms with Gasteiger partial charge in [-0.25, -0.2) is 0 Å². The summed E-state index contributed by atoms with van der Waals surface area (Å²) in [5.74, 6) is 2.12. The van der Waals surface area contributed by atoms with E-state index in [1.165, 1.54) is 0 Å². The lowest BCUT2D eigenvalue weighted by atomic mass is 10.1. The second-order valence-electron chi connectivity index (χ2n) is 3.62. The molecule has 0 fully saturated rings. The second kappa shape index (κ2) is 4.41. The van der Waals surface area contributed by atoms with Crippen LogP contribution in [0.15, 0.2) is 40.8 Å². The molecule has 0 bridgehead atoms. The van der Waals surface area contributed by atoms with Crippen LogP contribution in [-0.4, -0.2) is 12.2 Å². The number of aryl methyl sites for hydroxylation is 1. The number of methoxy groups -OCH3 is 1. The van der Waals surface area contributed by atoms with Crippen LogP contribution in [0.4, 0.5) is 0 Å². The van der Waals surface area contributed by atoms with Crippen molar-refractivity contribution in [2.75, 3.05) is 7.11 Å². The number of hydrogen-bond acceptors (Lipinski definition) is 3. The van der Waals surface area contributed by atoms with E-state index >= 15 is 0 Å². The zero-order valence-electron chi connectivity index (χ0n) is 9.31. The van der Waals surface area contributed by atoms with Gasteiger partial charge in [-0.3, -0.25) is 0 Å². The van der Waals surface area contributed by atoms with Crippen LogP contribution in [0, 0.1) is 6.92 Å². The SMILES string of the molecule is COc1ccc(C(O)c2ccc(C)o2)cc1. The first-order valence-electron chi connectivity index (χ1n) is 5.09. The molecular weight excluding hydrogens is 204 g/mol.